The second kappa shape index (κ2) is 5.51. The molecule has 0 fully saturated rings. The van der Waals surface area contributed by atoms with Gasteiger partial charge in [-0.1, -0.05) is 13.8 Å². The van der Waals surface area contributed by atoms with E-state index in [2.05, 4.69) is 0 Å². The quantitative estimate of drug-likeness (QED) is 0.660. The summed E-state index contributed by atoms with van der Waals surface area (Å²) in [5, 5.41) is 0. The molecule has 2 aliphatic heterocycles. The molecule has 25 heavy (non-hydrogen) atoms. The molecule has 0 aromatic heterocycles. The normalized spacial score (nSPS) is 24.5. The van der Waals surface area contributed by atoms with E-state index in [4.69, 9.17) is 0 Å². The lowest BCUT2D eigenvalue weighted by Crippen LogP contribution is -2.49. The minimum absolute atomic E-state index is 0.0480. The molecule has 0 radical (unpaired) electrons. The van der Waals surface area contributed by atoms with Gasteiger partial charge in [-0.05, 0) is 29.7 Å². The van der Waals surface area contributed by atoms with Crippen LogP contribution >= 0.6 is 0 Å². The van der Waals surface area contributed by atoms with Crippen molar-refractivity contribution in [1.82, 2.24) is 0 Å². The number of benzene rings is 2. The standard InChI is InChI=1S/C19H16F4N2/c1-10-11(2)19-24(17-4-3-12(20)8-15(17)22)5-6-25(19)18-14(10)7-13(21)9-16(18)23/h3-11,19H,1-2H3. The smallest absolute Gasteiger partial charge is 0.150 e. The molecular weight excluding hydrogens is 332 g/mol. The number of rotatable bonds is 1. The lowest BCUT2D eigenvalue weighted by Gasteiger charge is -2.44. The van der Waals surface area contributed by atoms with Crippen molar-refractivity contribution in [2.45, 2.75) is 25.9 Å². The molecule has 3 unspecified atom stereocenters. The molecule has 2 heterocycles. The van der Waals surface area contributed by atoms with Crippen molar-refractivity contribution >= 4 is 11.4 Å². The van der Waals surface area contributed by atoms with Gasteiger partial charge in [0.1, 0.15) is 29.4 Å². The highest BCUT2D eigenvalue weighted by molar-refractivity contribution is 5.68. The van der Waals surface area contributed by atoms with Crippen LogP contribution in [0.2, 0.25) is 0 Å². The number of hydrogen-bond donors (Lipinski definition) is 0. The fraction of sp³-hybridized carbons (Fsp3) is 0.263. The molecule has 0 saturated carbocycles. The average Bonchev–Trinajstić information content (AvgIpc) is 2.96. The predicted octanol–water partition coefficient (Wildman–Crippen LogP) is 5.12. The van der Waals surface area contributed by atoms with Crippen LogP contribution in [-0.4, -0.2) is 6.17 Å². The summed E-state index contributed by atoms with van der Waals surface area (Å²) in [6.45, 7) is 3.85. The molecule has 3 atom stereocenters. The Morgan fingerprint density at radius 2 is 1.48 bits per heavy atom. The molecule has 130 valence electrons. The summed E-state index contributed by atoms with van der Waals surface area (Å²) in [5.74, 6) is -2.78. The van der Waals surface area contributed by atoms with E-state index in [-0.39, 0.29) is 23.7 Å². The summed E-state index contributed by atoms with van der Waals surface area (Å²) >= 11 is 0. The molecule has 2 aliphatic rings. The SMILES string of the molecule is CC1c2cc(F)cc(F)c2N2C=CN(c3ccc(F)cc3F)C2C1C. The van der Waals surface area contributed by atoms with Crippen LogP contribution in [0.4, 0.5) is 28.9 Å². The Balaban J connectivity index is 1.83. The van der Waals surface area contributed by atoms with Crippen molar-refractivity contribution in [2.24, 2.45) is 5.92 Å². The van der Waals surface area contributed by atoms with Crippen LogP contribution in [0.3, 0.4) is 0 Å². The molecule has 0 saturated heterocycles. The summed E-state index contributed by atoms with van der Waals surface area (Å²) in [6, 6.07) is 5.59. The molecule has 2 aromatic rings. The maximum absolute atomic E-state index is 14.5. The van der Waals surface area contributed by atoms with Gasteiger partial charge >= 0.3 is 0 Å². The first kappa shape index (κ1) is 16.0. The first-order valence-electron chi connectivity index (χ1n) is 8.07. The minimum Gasteiger partial charge on any atom is -0.322 e. The lowest BCUT2D eigenvalue weighted by atomic mass is 9.81. The number of halogens is 4. The Kier molecular flexibility index (Phi) is 3.52. The summed E-state index contributed by atoms with van der Waals surface area (Å²) < 4.78 is 55.6. The lowest BCUT2D eigenvalue weighted by molar-refractivity contribution is 0.374. The van der Waals surface area contributed by atoms with Gasteiger partial charge in [-0.2, -0.15) is 0 Å². The first-order chi connectivity index (χ1) is 11.9. The third kappa shape index (κ3) is 2.31. The van der Waals surface area contributed by atoms with Gasteiger partial charge in [-0.15, -0.1) is 0 Å². The van der Waals surface area contributed by atoms with Crippen molar-refractivity contribution in [3.63, 3.8) is 0 Å². The van der Waals surface area contributed by atoms with Gasteiger partial charge in [0.25, 0.3) is 0 Å². The van der Waals surface area contributed by atoms with Crippen molar-refractivity contribution < 1.29 is 17.6 Å². The van der Waals surface area contributed by atoms with Crippen LogP contribution in [-0.2, 0) is 0 Å². The number of nitrogens with zero attached hydrogens (tertiary/aromatic N) is 2. The Bertz CT molecular complexity index is 880. The van der Waals surface area contributed by atoms with Crippen LogP contribution in [0.1, 0.15) is 25.3 Å². The Morgan fingerprint density at radius 3 is 2.20 bits per heavy atom. The van der Waals surface area contributed by atoms with Crippen molar-refractivity contribution in [1.29, 1.82) is 0 Å². The van der Waals surface area contributed by atoms with Crippen molar-refractivity contribution in [3.05, 3.63) is 71.6 Å². The highest BCUT2D eigenvalue weighted by atomic mass is 19.1. The zero-order valence-corrected chi connectivity index (χ0v) is 13.7. The fourth-order valence-electron chi connectivity index (χ4n) is 3.83. The molecule has 0 N–H and O–H groups in total. The highest BCUT2D eigenvalue weighted by Gasteiger charge is 2.43. The van der Waals surface area contributed by atoms with Crippen LogP contribution in [0.15, 0.2) is 42.7 Å². The summed E-state index contributed by atoms with van der Waals surface area (Å²) in [4.78, 5) is 3.36. The van der Waals surface area contributed by atoms with Gasteiger partial charge in [0, 0.05) is 30.5 Å². The first-order valence-corrected chi connectivity index (χ1v) is 8.07. The number of fused-ring (bicyclic) bond motifs is 3. The molecule has 4 rings (SSSR count). The van der Waals surface area contributed by atoms with E-state index in [1.807, 2.05) is 13.8 Å². The summed E-state index contributed by atoms with van der Waals surface area (Å²) in [7, 11) is 0. The zero-order chi connectivity index (χ0) is 17.9. The second-order valence-electron chi connectivity index (χ2n) is 6.60. The average molecular weight is 348 g/mol. The van der Waals surface area contributed by atoms with Gasteiger partial charge in [0.15, 0.2) is 0 Å². The molecular formula is C19H16F4N2. The molecule has 0 spiro atoms. The number of hydrogen-bond acceptors (Lipinski definition) is 2. The van der Waals surface area contributed by atoms with E-state index in [1.165, 1.54) is 18.2 Å². The van der Waals surface area contributed by atoms with E-state index < -0.39 is 23.3 Å². The van der Waals surface area contributed by atoms with Crippen LogP contribution in [0.5, 0.6) is 0 Å². The van der Waals surface area contributed by atoms with Crippen LogP contribution in [0, 0.1) is 29.2 Å². The van der Waals surface area contributed by atoms with E-state index in [9.17, 15) is 17.6 Å². The van der Waals surface area contributed by atoms with Crippen LogP contribution in [0.25, 0.3) is 0 Å². The Labute approximate surface area is 143 Å². The summed E-state index contributed by atoms with van der Waals surface area (Å²) in [5.41, 5.74) is 1.11. The molecule has 2 nitrogen and oxygen atoms in total. The molecule has 0 amide bonds. The third-order valence-electron chi connectivity index (χ3n) is 5.21. The van der Waals surface area contributed by atoms with Gasteiger partial charge < -0.3 is 9.80 Å². The van der Waals surface area contributed by atoms with E-state index in [1.54, 1.807) is 22.2 Å². The second-order valence-corrected chi connectivity index (χ2v) is 6.60. The Morgan fingerprint density at radius 1 is 0.800 bits per heavy atom. The van der Waals surface area contributed by atoms with Gasteiger partial charge in [-0.25, -0.2) is 17.6 Å². The summed E-state index contributed by atoms with van der Waals surface area (Å²) in [6.07, 6.45) is 2.92. The highest BCUT2D eigenvalue weighted by Crippen LogP contribution is 2.47. The largest absolute Gasteiger partial charge is 0.322 e. The fourth-order valence-corrected chi connectivity index (χ4v) is 3.83. The van der Waals surface area contributed by atoms with Crippen molar-refractivity contribution in [2.75, 3.05) is 9.80 Å². The predicted molar refractivity (Wildman–Crippen MR) is 88.2 cm³/mol. The van der Waals surface area contributed by atoms with E-state index in [0.717, 1.165) is 12.1 Å². The van der Waals surface area contributed by atoms with Crippen molar-refractivity contribution in [3.8, 4) is 0 Å². The van der Waals surface area contributed by atoms with Gasteiger partial charge in [0.05, 0.1) is 11.4 Å². The number of anilines is 2. The maximum atomic E-state index is 14.5. The van der Waals surface area contributed by atoms with Crippen LogP contribution < -0.4 is 9.80 Å². The topological polar surface area (TPSA) is 6.48 Å². The monoisotopic (exact) mass is 348 g/mol. The van der Waals surface area contributed by atoms with E-state index in [0.29, 0.717) is 11.3 Å². The minimum atomic E-state index is -0.684. The molecule has 6 heteroatoms. The Hall–Kier alpha value is -2.50. The zero-order valence-electron chi connectivity index (χ0n) is 13.7. The molecule has 0 aliphatic carbocycles. The van der Waals surface area contributed by atoms with Gasteiger partial charge in [0.2, 0.25) is 0 Å². The molecule has 0 bridgehead atoms. The maximum Gasteiger partial charge on any atom is 0.150 e. The van der Waals surface area contributed by atoms with Gasteiger partial charge in [-0.3, -0.25) is 0 Å². The third-order valence-corrected chi connectivity index (χ3v) is 5.21. The van der Waals surface area contributed by atoms with E-state index >= 15 is 0 Å². The molecule has 2 aromatic carbocycles.